The SMILES string of the molecule is C=C(N)/C=C\C(=C)CC(=C)/C=C\C(=C)OC#N. The molecule has 88 valence electrons. The maximum atomic E-state index is 8.24. The van der Waals surface area contributed by atoms with Crippen molar-refractivity contribution in [1.29, 1.82) is 5.26 Å². The van der Waals surface area contributed by atoms with Gasteiger partial charge in [-0.1, -0.05) is 49.6 Å². The first-order valence-corrected chi connectivity index (χ1v) is 4.86. The van der Waals surface area contributed by atoms with Gasteiger partial charge in [0.2, 0.25) is 0 Å². The maximum absolute atomic E-state index is 8.24. The monoisotopic (exact) mass is 228 g/mol. The zero-order valence-electron chi connectivity index (χ0n) is 9.78. The molecule has 0 fully saturated rings. The number of allylic oxidation sites excluding steroid dienone is 6. The first-order chi connectivity index (χ1) is 7.95. The Morgan fingerprint density at radius 3 is 2.06 bits per heavy atom. The second kappa shape index (κ2) is 7.77. The van der Waals surface area contributed by atoms with E-state index in [-0.39, 0.29) is 5.76 Å². The highest BCUT2D eigenvalue weighted by Gasteiger charge is 1.93. The summed E-state index contributed by atoms with van der Waals surface area (Å²) in [6.07, 6.45) is 8.88. The Hall–Kier alpha value is -2.47. The van der Waals surface area contributed by atoms with E-state index in [2.05, 4.69) is 31.1 Å². The van der Waals surface area contributed by atoms with Gasteiger partial charge in [-0.05, 0) is 18.6 Å². The van der Waals surface area contributed by atoms with Crippen LogP contribution in [0.2, 0.25) is 0 Å². The number of nitriles is 1. The predicted octanol–water partition coefficient (Wildman–Crippen LogP) is 3.09. The zero-order valence-corrected chi connectivity index (χ0v) is 9.78. The van der Waals surface area contributed by atoms with Gasteiger partial charge in [0.1, 0.15) is 5.76 Å². The minimum Gasteiger partial charge on any atom is -0.399 e. The third-order valence-corrected chi connectivity index (χ3v) is 1.67. The molecule has 0 radical (unpaired) electrons. The minimum absolute atomic E-state index is 0.269. The van der Waals surface area contributed by atoms with E-state index in [1.54, 1.807) is 24.3 Å². The molecular weight excluding hydrogens is 212 g/mol. The van der Waals surface area contributed by atoms with Crippen LogP contribution >= 0.6 is 0 Å². The summed E-state index contributed by atoms with van der Waals surface area (Å²) in [5, 5.41) is 8.24. The van der Waals surface area contributed by atoms with Crippen LogP contribution in [0.5, 0.6) is 0 Å². The summed E-state index contributed by atoms with van der Waals surface area (Å²) in [7, 11) is 0. The summed E-state index contributed by atoms with van der Waals surface area (Å²) in [6, 6.07) is 0. The molecule has 0 aliphatic heterocycles. The van der Waals surface area contributed by atoms with Crippen molar-refractivity contribution in [2.45, 2.75) is 6.42 Å². The molecule has 0 aromatic heterocycles. The molecule has 3 heteroatoms. The van der Waals surface area contributed by atoms with Crippen LogP contribution in [-0.4, -0.2) is 0 Å². The van der Waals surface area contributed by atoms with Crippen LogP contribution in [-0.2, 0) is 4.74 Å². The molecule has 0 aromatic rings. The van der Waals surface area contributed by atoms with Crippen LogP contribution in [0.1, 0.15) is 6.42 Å². The molecule has 17 heavy (non-hydrogen) atoms. The largest absolute Gasteiger partial charge is 0.399 e. The van der Waals surface area contributed by atoms with Gasteiger partial charge in [-0.3, -0.25) is 0 Å². The highest BCUT2D eigenvalue weighted by atomic mass is 16.5. The predicted molar refractivity (Wildman–Crippen MR) is 70.3 cm³/mol. The molecule has 0 amide bonds. The number of hydrogen-bond acceptors (Lipinski definition) is 3. The van der Waals surface area contributed by atoms with Crippen molar-refractivity contribution in [2.24, 2.45) is 5.73 Å². The molecule has 0 aromatic carbocycles. The first-order valence-electron chi connectivity index (χ1n) is 4.86. The van der Waals surface area contributed by atoms with Gasteiger partial charge < -0.3 is 10.5 Å². The van der Waals surface area contributed by atoms with E-state index < -0.39 is 0 Å². The quantitative estimate of drug-likeness (QED) is 0.414. The maximum Gasteiger partial charge on any atom is 0.292 e. The van der Waals surface area contributed by atoms with Gasteiger partial charge in [0.25, 0.3) is 6.26 Å². The van der Waals surface area contributed by atoms with E-state index in [0.717, 1.165) is 11.1 Å². The molecule has 0 bridgehead atoms. The molecule has 0 saturated heterocycles. The summed E-state index contributed by atoms with van der Waals surface area (Å²) in [6.45, 7) is 14.7. The van der Waals surface area contributed by atoms with Crippen LogP contribution in [0.25, 0.3) is 0 Å². The van der Waals surface area contributed by atoms with E-state index in [1.165, 1.54) is 6.26 Å². The minimum atomic E-state index is 0.269. The Kier molecular flexibility index (Phi) is 6.64. The van der Waals surface area contributed by atoms with Crippen LogP contribution in [0.4, 0.5) is 0 Å². The molecule has 0 spiro atoms. The molecule has 0 aliphatic rings. The molecule has 0 aliphatic carbocycles. The van der Waals surface area contributed by atoms with Gasteiger partial charge in [-0.15, -0.1) is 5.26 Å². The fourth-order valence-electron chi connectivity index (χ4n) is 0.938. The third kappa shape index (κ3) is 8.52. The third-order valence-electron chi connectivity index (χ3n) is 1.67. The van der Waals surface area contributed by atoms with Crippen molar-refractivity contribution in [3.8, 4) is 6.26 Å². The lowest BCUT2D eigenvalue weighted by molar-refractivity contribution is 0.395. The van der Waals surface area contributed by atoms with Crippen molar-refractivity contribution in [3.05, 3.63) is 73.2 Å². The van der Waals surface area contributed by atoms with E-state index in [9.17, 15) is 0 Å². The summed E-state index contributed by atoms with van der Waals surface area (Å²) < 4.78 is 4.49. The molecule has 2 N–H and O–H groups in total. The fourth-order valence-corrected chi connectivity index (χ4v) is 0.938. The molecule has 0 saturated carbocycles. The normalized spacial score (nSPS) is 10.1. The van der Waals surface area contributed by atoms with Gasteiger partial charge in [0.15, 0.2) is 0 Å². The first kappa shape index (κ1) is 14.5. The second-order valence-corrected chi connectivity index (χ2v) is 3.39. The average Bonchev–Trinajstić information content (AvgIpc) is 2.24. The van der Waals surface area contributed by atoms with Crippen molar-refractivity contribution in [2.75, 3.05) is 0 Å². The zero-order chi connectivity index (χ0) is 13.3. The highest BCUT2D eigenvalue weighted by Crippen LogP contribution is 2.11. The Morgan fingerprint density at radius 1 is 1.06 bits per heavy atom. The van der Waals surface area contributed by atoms with Crippen LogP contribution in [0.3, 0.4) is 0 Å². The lowest BCUT2D eigenvalue weighted by Crippen LogP contribution is -1.89. The Balaban J connectivity index is 4.20. The number of rotatable bonds is 7. The molecule has 0 atom stereocenters. The fraction of sp³-hybridized carbons (Fsp3) is 0.0714. The summed E-state index contributed by atoms with van der Waals surface area (Å²) in [5.41, 5.74) is 7.54. The lowest BCUT2D eigenvalue weighted by Gasteiger charge is -2.00. The van der Waals surface area contributed by atoms with Crippen molar-refractivity contribution in [3.63, 3.8) is 0 Å². The molecular formula is C14H16N2O. The number of nitrogens with two attached hydrogens (primary N) is 1. The van der Waals surface area contributed by atoms with Crippen molar-refractivity contribution >= 4 is 0 Å². The number of hydrogen-bond donors (Lipinski definition) is 1. The van der Waals surface area contributed by atoms with Gasteiger partial charge >= 0.3 is 0 Å². The van der Waals surface area contributed by atoms with Gasteiger partial charge in [-0.2, -0.15) is 0 Å². The van der Waals surface area contributed by atoms with E-state index in [4.69, 9.17) is 11.0 Å². The molecule has 3 nitrogen and oxygen atoms in total. The highest BCUT2D eigenvalue weighted by molar-refractivity contribution is 5.31. The summed E-state index contributed by atoms with van der Waals surface area (Å²) in [5.74, 6) is 0.269. The van der Waals surface area contributed by atoms with E-state index in [1.807, 2.05) is 0 Å². The number of ether oxygens (including phenoxy) is 1. The van der Waals surface area contributed by atoms with Gasteiger partial charge in [-0.25, -0.2) is 0 Å². The number of nitrogens with zero attached hydrogens (tertiary/aromatic N) is 1. The Morgan fingerprint density at radius 2 is 1.59 bits per heavy atom. The average molecular weight is 228 g/mol. The van der Waals surface area contributed by atoms with Crippen LogP contribution < -0.4 is 5.73 Å². The second-order valence-electron chi connectivity index (χ2n) is 3.39. The Bertz CT molecular complexity index is 434. The standard InChI is InChI=1S/C14H16N2O/c1-11(5-7-13(3)16)9-12(2)6-8-14(4)17-10-15/h5-8H,1-4,9,16H2/b7-5-,8-6-. The lowest BCUT2D eigenvalue weighted by atomic mass is 10.1. The molecule has 0 heterocycles. The van der Waals surface area contributed by atoms with Crippen LogP contribution in [0, 0.1) is 11.5 Å². The Labute approximate surface area is 102 Å². The van der Waals surface area contributed by atoms with Gasteiger partial charge in [0, 0.05) is 5.70 Å². The van der Waals surface area contributed by atoms with Crippen LogP contribution in [0.15, 0.2) is 73.2 Å². The smallest absolute Gasteiger partial charge is 0.292 e. The van der Waals surface area contributed by atoms with Crippen molar-refractivity contribution in [1.82, 2.24) is 0 Å². The summed E-state index contributed by atoms with van der Waals surface area (Å²) >= 11 is 0. The summed E-state index contributed by atoms with van der Waals surface area (Å²) in [4.78, 5) is 0. The van der Waals surface area contributed by atoms with Gasteiger partial charge in [0.05, 0.1) is 0 Å². The molecule has 0 rings (SSSR count). The van der Waals surface area contributed by atoms with E-state index >= 15 is 0 Å². The van der Waals surface area contributed by atoms with E-state index in [0.29, 0.717) is 12.1 Å². The van der Waals surface area contributed by atoms with Crippen molar-refractivity contribution < 1.29 is 4.74 Å². The molecule has 0 unspecified atom stereocenters. The topological polar surface area (TPSA) is 59.0 Å².